The maximum atomic E-state index is 13.1. The van der Waals surface area contributed by atoms with Crippen molar-refractivity contribution in [2.45, 2.75) is 12.8 Å². The lowest BCUT2D eigenvalue weighted by Crippen LogP contribution is -2.26. The maximum absolute atomic E-state index is 13.1. The summed E-state index contributed by atoms with van der Waals surface area (Å²) in [4.78, 5) is 42.7. The van der Waals surface area contributed by atoms with Crippen molar-refractivity contribution >= 4 is 28.9 Å². The Morgan fingerprint density at radius 3 is 2.35 bits per heavy atom. The molecule has 2 N–H and O–H groups in total. The lowest BCUT2D eigenvalue weighted by Gasteiger charge is -2.14. The molecule has 0 bridgehead atoms. The van der Waals surface area contributed by atoms with E-state index in [4.69, 9.17) is 0 Å². The van der Waals surface area contributed by atoms with Crippen LogP contribution in [0.4, 0.5) is 17.2 Å². The highest BCUT2D eigenvalue weighted by molar-refractivity contribution is 6.15. The van der Waals surface area contributed by atoms with Crippen molar-refractivity contribution in [2.75, 3.05) is 37.4 Å². The summed E-state index contributed by atoms with van der Waals surface area (Å²) in [6, 6.07) is 16.4. The Morgan fingerprint density at radius 1 is 0.971 bits per heavy atom. The van der Waals surface area contributed by atoms with E-state index in [1.807, 2.05) is 18.2 Å². The van der Waals surface area contributed by atoms with E-state index in [0.717, 1.165) is 25.2 Å². The van der Waals surface area contributed by atoms with E-state index < -0.39 is 10.7 Å². The lowest BCUT2D eigenvalue weighted by atomic mass is 9.97. The van der Waals surface area contributed by atoms with Gasteiger partial charge in [-0.2, -0.15) is 0 Å². The zero-order valence-corrected chi connectivity index (χ0v) is 19.2. The third-order valence-corrected chi connectivity index (χ3v) is 5.19. The van der Waals surface area contributed by atoms with Crippen LogP contribution in [0.3, 0.4) is 0 Å². The van der Waals surface area contributed by atoms with Gasteiger partial charge in [0.05, 0.1) is 10.5 Å². The number of unbranched alkanes of at least 4 members (excludes halogenated alkanes) is 1. The number of nitrogens with one attached hydrogen (secondary N) is 2. The molecule has 0 aliphatic rings. The summed E-state index contributed by atoms with van der Waals surface area (Å²) in [5.74, 6) is -0.00223. The van der Waals surface area contributed by atoms with E-state index in [-0.39, 0.29) is 28.3 Å². The van der Waals surface area contributed by atoms with Crippen LogP contribution in [-0.2, 0) is 0 Å². The molecule has 0 aliphatic carbocycles. The first-order valence-corrected chi connectivity index (χ1v) is 10.9. The minimum absolute atomic E-state index is 0.151. The minimum atomic E-state index is -0.520. The Kier molecular flexibility index (Phi) is 8.28. The average Bonchev–Trinajstić information content (AvgIpc) is 2.85. The molecular formula is C25H27N5O4. The molecule has 176 valence electrons. The van der Waals surface area contributed by atoms with Gasteiger partial charge in [0.2, 0.25) is 0 Å². The SMILES string of the molecule is CN(C)c1ccc(C(=O)c2ccccc2C(=O)NCCCCNc2ccccn2)cc1[N+](=O)[O-]. The summed E-state index contributed by atoms with van der Waals surface area (Å²) in [6.07, 6.45) is 3.30. The van der Waals surface area contributed by atoms with E-state index >= 15 is 0 Å². The molecule has 2 aromatic carbocycles. The third-order valence-electron chi connectivity index (χ3n) is 5.19. The number of hydrogen-bond acceptors (Lipinski definition) is 7. The molecule has 0 radical (unpaired) electrons. The van der Waals surface area contributed by atoms with Gasteiger partial charge in [0.15, 0.2) is 5.78 Å². The van der Waals surface area contributed by atoms with E-state index in [2.05, 4.69) is 15.6 Å². The number of ketones is 1. The van der Waals surface area contributed by atoms with Gasteiger partial charge >= 0.3 is 0 Å². The van der Waals surface area contributed by atoms with Crippen molar-refractivity contribution in [3.63, 3.8) is 0 Å². The number of nitrogens with zero attached hydrogens (tertiary/aromatic N) is 3. The second-order valence-electron chi connectivity index (χ2n) is 7.83. The second kappa shape index (κ2) is 11.6. The number of carbonyl (C=O) groups excluding carboxylic acids is 2. The van der Waals surface area contributed by atoms with Crippen molar-refractivity contribution in [2.24, 2.45) is 0 Å². The number of hydrogen-bond donors (Lipinski definition) is 2. The predicted octanol–water partition coefficient (Wildman–Crippen LogP) is 3.91. The molecule has 1 heterocycles. The van der Waals surface area contributed by atoms with Gasteiger partial charge in [-0.05, 0) is 43.2 Å². The number of carbonyl (C=O) groups is 2. The quantitative estimate of drug-likeness (QED) is 0.192. The molecule has 0 atom stereocenters. The molecule has 9 heteroatoms. The summed E-state index contributed by atoms with van der Waals surface area (Å²) >= 11 is 0. The minimum Gasteiger partial charge on any atom is -0.372 e. The molecule has 0 spiro atoms. The number of pyridine rings is 1. The molecule has 0 fully saturated rings. The molecule has 0 saturated carbocycles. The Bertz CT molecular complexity index is 1160. The Morgan fingerprint density at radius 2 is 1.68 bits per heavy atom. The van der Waals surface area contributed by atoms with Crippen LogP contribution in [0, 0.1) is 10.1 Å². The van der Waals surface area contributed by atoms with Crippen molar-refractivity contribution in [3.05, 3.63) is 93.7 Å². The predicted molar refractivity (Wildman–Crippen MR) is 132 cm³/mol. The largest absolute Gasteiger partial charge is 0.372 e. The maximum Gasteiger partial charge on any atom is 0.293 e. The molecule has 1 aromatic heterocycles. The first kappa shape index (κ1) is 24.4. The number of nitro groups is 1. The molecule has 0 saturated heterocycles. The van der Waals surface area contributed by atoms with Gasteiger partial charge in [-0.15, -0.1) is 0 Å². The van der Waals surface area contributed by atoms with Gasteiger partial charge in [0.1, 0.15) is 11.5 Å². The smallest absolute Gasteiger partial charge is 0.293 e. The van der Waals surface area contributed by atoms with Gasteiger partial charge in [-0.25, -0.2) is 4.98 Å². The van der Waals surface area contributed by atoms with E-state index in [1.165, 1.54) is 18.2 Å². The average molecular weight is 462 g/mol. The van der Waals surface area contributed by atoms with E-state index in [1.54, 1.807) is 49.5 Å². The first-order chi connectivity index (χ1) is 16.4. The number of nitro benzene ring substituents is 1. The molecule has 3 rings (SSSR count). The summed E-state index contributed by atoms with van der Waals surface area (Å²) in [5.41, 5.74) is 0.808. The van der Waals surface area contributed by atoms with Crippen LogP contribution in [0.25, 0.3) is 0 Å². The molecule has 0 aliphatic heterocycles. The Hall–Kier alpha value is -4.27. The van der Waals surface area contributed by atoms with Gasteiger partial charge in [-0.3, -0.25) is 19.7 Å². The van der Waals surface area contributed by atoms with Gasteiger partial charge in [0, 0.05) is 50.6 Å². The van der Waals surface area contributed by atoms with Crippen LogP contribution >= 0.6 is 0 Å². The fraction of sp³-hybridized carbons (Fsp3) is 0.240. The molecule has 3 aromatic rings. The van der Waals surface area contributed by atoms with Gasteiger partial charge in [0.25, 0.3) is 11.6 Å². The van der Waals surface area contributed by atoms with Crippen LogP contribution in [0.15, 0.2) is 66.9 Å². The number of rotatable bonds is 11. The third kappa shape index (κ3) is 6.16. The Labute approximate surface area is 198 Å². The summed E-state index contributed by atoms with van der Waals surface area (Å²) < 4.78 is 0. The highest BCUT2D eigenvalue weighted by atomic mass is 16.6. The zero-order chi connectivity index (χ0) is 24.5. The zero-order valence-electron chi connectivity index (χ0n) is 19.2. The molecule has 0 unspecified atom stereocenters. The summed E-state index contributed by atoms with van der Waals surface area (Å²) in [7, 11) is 3.39. The van der Waals surface area contributed by atoms with Crippen molar-refractivity contribution in [1.29, 1.82) is 0 Å². The van der Waals surface area contributed by atoms with Gasteiger partial charge in [-0.1, -0.05) is 24.3 Å². The lowest BCUT2D eigenvalue weighted by molar-refractivity contribution is -0.384. The number of amides is 1. The number of anilines is 2. The van der Waals surface area contributed by atoms with Crippen molar-refractivity contribution in [3.8, 4) is 0 Å². The highest BCUT2D eigenvalue weighted by Gasteiger charge is 2.22. The van der Waals surface area contributed by atoms with Crippen molar-refractivity contribution < 1.29 is 14.5 Å². The number of benzene rings is 2. The molecule has 34 heavy (non-hydrogen) atoms. The summed E-state index contributed by atoms with van der Waals surface area (Å²) in [5, 5.41) is 17.5. The molecule has 9 nitrogen and oxygen atoms in total. The normalized spacial score (nSPS) is 10.4. The van der Waals surface area contributed by atoms with Crippen LogP contribution in [0.1, 0.15) is 39.1 Å². The standard InChI is InChI=1S/C25H27N5O4/c1-29(2)21-13-12-18(17-22(21)30(33)34)24(31)19-9-3-4-10-20(19)25(32)28-16-8-7-15-27-23-11-5-6-14-26-23/h3-6,9-14,17H,7-8,15-16H2,1-2H3,(H,26,27)(H,28,32). The second-order valence-corrected chi connectivity index (χ2v) is 7.83. The monoisotopic (exact) mass is 461 g/mol. The highest BCUT2D eigenvalue weighted by Crippen LogP contribution is 2.29. The fourth-order valence-electron chi connectivity index (χ4n) is 3.45. The van der Waals surface area contributed by atoms with E-state index in [0.29, 0.717) is 12.2 Å². The van der Waals surface area contributed by atoms with Gasteiger partial charge < -0.3 is 15.5 Å². The van der Waals surface area contributed by atoms with Crippen LogP contribution in [0.5, 0.6) is 0 Å². The Balaban J connectivity index is 1.63. The fourth-order valence-corrected chi connectivity index (χ4v) is 3.45. The van der Waals surface area contributed by atoms with Crippen LogP contribution < -0.4 is 15.5 Å². The topological polar surface area (TPSA) is 117 Å². The van der Waals surface area contributed by atoms with Crippen LogP contribution in [-0.4, -0.2) is 48.8 Å². The van der Waals surface area contributed by atoms with Crippen molar-refractivity contribution in [1.82, 2.24) is 10.3 Å². The number of aromatic nitrogens is 1. The molecule has 1 amide bonds. The summed E-state index contributed by atoms with van der Waals surface area (Å²) in [6.45, 7) is 1.18. The first-order valence-electron chi connectivity index (χ1n) is 10.9. The molecular weight excluding hydrogens is 434 g/mol. The van der Waals surface area contributed by atoms with E-state index in [9.17, 15) is 19.7 Å². The van der Waals surface area contributed by atoms with Crippen LogP contribution in [0.2, 0.25) is 0 Å².